The molecule has 0 radical (unpaired) electrons. The highest BCUT2D eigenvalue weighted by molar-refractivity contribution is 5.90. The van der Waals surface area contributed by atoms with E-state index in [4.69, 9.17) is 20.2 Å². The lowest BCUT2D eigenvalue weighted by molar-refractivity contribution is -0.135. The predicted molar refractivity (Wildman–Crippen MR) is 139 cm³/mol. The van der Waals surface area contributed by atoms with Crippen LogP contribution in [-0.4, -0.2) is 29.7 Å². The molecule has 0 spiro atoms. The second-order valence-electron chi connectivity index (χ2n) is 10.2. The Morgan fingerprint density at radius 3 is 2.06 bits per heavy atom. The first kappa shape index (κ1) is 23.7. The number of hydrogen-bond acceptors (Lipinski definition) is 4. The van der Waals surface area contributed by atoms with E-state index >= 15 is 0 Å². The zero-order valence-corrected chi connectivity index (χ0v) is 21.0. The van der Waals surface area contributed by atoms with E-state index in [1.54, 1.807) is 14.2 Å². The lowest BCUT2D eigenvalue weighted by atomic mass is 9.63. The third-order valence-corrected chi connectivity index (χ3v) is 8.42. The first-order chi connectivity index (χ1) is 17.1. The maximum absolute atomic E-state index is 13.9. The van der Waals surface area contributed by atoms with E-state index in [1.165, 1.54) is 12.8 Å². The van der Waals surface area contributed by atoms with E-state index < -0.39 is 5.54 Å². The number of rotatable bonds is 7. The number of ether oxygens (including phenoxy) is 2. The van der Waals surface area contributed by atoms with Crippen LogP contribution in [0, 0.1) is 11.8 Å². The van der Waals surface area contributed by atoms with Crippen LogP contribution in [-0.2, 0) is 10.3 Å². The van der Waals surface area contributed by atoms with Crippen molar-refractivity contribution in [2.24, 2.45) is 17.6 Å². The maximum Gasteiger partial charge on any atom is 0.244 e. The summed E-state index contributed by atoms with van der Waals surface area (Å²) in [4.78, 5) is 19.0. The van der Waals surface area contributed by atoms with Gasteiger partial charge in [0.1, 0.15) is 11.4 Å². The minimum atomic E-state index is -0.806. The SMILES string of the molecule is COc1ccc(-c2nc3ccccc3n2C(C(N)=O)(C2CCCCC2)C2CCCCC2)cc1OC. The van der Waals surface area contributed by atoms with Crippen LogP contribution in [0.25, 0.3) is 22.4 Å². The van der Waals surface area contributed by atoms with Gasteiger partial charge in [0.05, 0.1) is 25.3 Å². The van der Waals surface area contributed by atoms with E-state index in [9.17, 15) is 4.79 Å². The number of hydrogen-bond donors (Lipinski definition) is 1. The molecule has 2 aliphatic rings. The summed E-state index contributed by atoms with van der Waals surface area (Å²) in [6.07, 6.45) is 11.1. The highest BCUT2D eigenvalue weighted by atomic mass is 16.5. The summed E-state index contributed by atoms with van der Waals surface area (Å²) in [5.41, 5.74) is 8.49. The molecule has 0 unspecified atom stereocenters. The highest BCUT2D eigenvalue weighted by Crippen LogP contribution is 2.50. The van der Waals surface area contributed by atoms with E-state index in [-0.39, 0.29) is 17.7 Å². The number of benzene rings is 2. The largest absolute Gasteiger partial charge is 0.493 e. The minimum absolute atomic E-state index is 0.202. The summed E-state index contributed by atoms with van der Waals surface area (Å²) in [7, 11) is 3.28. The zero-order valence-electron chi connectivity index (χ0n) is 21.0. The standard InChI is InChI=1S/C29H37N3O3/c1-34-25-18-17-20(19-26(25)35-2)27-31-23-15-9-10-16-24(23)32(27)29(28(30)33,21-11-5-3-6-12-21)22-13-7-4-8-14-22/h9-10,15-19,21-22H,3-8,11-14H2,1-2H3,(H2,30,33). The fraction of sp³-hybridized carbons (Fsp3) is 0.517. The molecule has 1 heterocycles. The second kappa shape index (κ2) is 9.92. The molecule has 186 valence electrons. The average Bonchev–Trinajstić information content (AvgIpc) is 3.30. The molecule has 2 fully saturated rings. The van der Waals surface area contributed by atoms with Crippen molar-refractivity contribution in [1.82, 2.24) is 9.55 Å². The Labute approximate surface area is 207 Å². The van der Waals surface area contributed by atoms with Gasteiger partial charge in [0, 0.05) is 5.56 Å². The molecule has 1 aromatic heterocycles. The topological polar surface area (TPSA) is 79.4 Å². The van der Waals surface area contributed by atoms with Crippen molar-refractivity contribution < 1.29 is 14.3 Å². The Bertz CT molecular complexity index is 1170. The molecule has 2 saturated carbocycles. The number of amides is 1. The molecule has 35 heavy (non-hydrogen) atoms. The normalized spacial score (nSPS) is 18.0. The third-order valence-electron chi connectivity index (χ3n) is 8.42. The molecule has 6 nitrogen and oxygen atoms in total. The van der Waals surface area contributed by atoms with E-state index in [0.29, 0.717) is 11.5 Å². The molecule has 0 bridgehead atoms. The molecule has 5 rings (SSSR count). The van der Waals surface area contributed by atoms with Crippen molar-refractivity contribution in [2.75, 3.05) is 14.2 Å². The molecule has 6 heteroatoms. The Balaban J connectivity index is 1.82. The predicted octanol–water partition coefficient (Wildman–Crippen LogP) is 6.06. The van der Waals surface area contributed by atoms with Crippen LogP contribution < -0.4 is 15.2 Å². The monoisotopic (exact) mass is 475 g/mol. The number of nitrogens with two attached hydrogens (primary N) is 1. The van der Waals surface area contributed by atoms with Crippen LogP contribution in [0.3, 0.4) is 0 Å². The van der Waals surface area contributed by atoms with Gasteiger partial charge in [0.15, 0.2) is 11.5 Å². The van der Waals surface area contributed by atoms with Crippen molar-refractivity contribution in [1.29, 1.82) is 0 Å². The van der Waals surface area contributed by atoms with Gasteiger partial charge < -0.3 is 19.8 Å². The second-order valence-corrected chi connectivity index (χ2v) is 10.2. The molecule has 2 aliphatic carbocycles. The quantitative estimate of drug-likeness (QED) is 0.450. The molecule has 0 aliphatic heterocycles. The number of carbonyl (C=O) groups is 1. The van der Waals surface area contributed by atoms with Gasteiger partial charge in [-0.25, -0.2) is 4.98 Å². The van der Waals surface area contributed by atoms with Gasteiger partial charge in [-0.1, -0.05) is 50.7 Å². The maximum atomic E-state index is 13.9. The highest BCUT2D eigenvalue weighted by Gasteiger charge is 2.53. The summed E-state index contributed by atoms with van der Waals surface area (Å²) in [5, 5.41) is 0. The Hall–Kier alpha value is -3.02. The first-order valence-electron chi connectivity index (χ1n) is 13.1. The Kier molecular flexibility index (Phi) is 6.72. The van der Waals surface area contributed by atoms with Crippen LogP contribution in [0.2, 0.25) is 0 Å². The zero-order chi connectivity index (χ0) is 24.4. The van der Waals surface area contributed by atoms with Crippen LogP contribution in [0.4, 0.5) is 0 Å². The fourth-order valence-corrected chi connectivity index (χ4v) is 6.87. The number of nitrogens with zero attached hydrogens (tertiary/aromatic N) is 2. The van der Waals surface area contributed by atoms with E-state index in [1.807, 2.05) is 36.4 Å². The third kappa shape index (κ3) is 3.97. The summed E-state index contributed by atoms with van der Waals surface area (Å²) in [6.45, 7) is 0. The smallest absolute Gasteiger partial charge is 0.244 e. The Morgan fingerprint density at radius 1 is 0.886 bits per heavy atom. The van der Waals surface area contributed by atoms with Gasteiger partial charge in [0.25, 0.3) is 0 Å². The van der Waals surface area contributed by atoms with Gasteiger partial charge in [-0.3, -0.25) is 4.79 Å². The summed E-state index contributed by atoms with van der Waals surface area (Å²) in [6, 6.07) is 14.0. The number of carbonyl (C=O) groups excluding carboxylic acids is 1. The number of primary amides is 1. The van der Waals surface area contributed by atoms with Crippen LogP contribution in [0.15, 0.2) is 42.5 Å². The molecular weight excluding hydrogens is 438 g/mol. The number of aromatic nitrogens is 2. The molecule has 2 N–H and O–H groups in total. The molecule has 3 aromatic rings. The van der Waals surface area contributed by atoms with Crippen molar-refractivity contribution in [3.8, 4) is 22.9 Å². The number of para-hydroxylation sites is 2. The molecular formula is C29H37N3O3. The number of methoxy groups -OCH3 is 2. The van der Waals surface area contributed by atoms with Gasteiger partial charge in [-0.15, -0.1) is 0 Å². The van der Waals surface area contributed by atoms with E-state index in [2.05, 4.69) is 10.6 Å². The van der Waals surface area contributed by atoms with Crippen molar-refractivity contribution in [2.45, 2.75) is 69.7 Å². The van der Waals surface area contributed by atoms with Gasteiger partial charge in [-0.05, 0) is 67.9 Å². The van der Waals surface area contributed by atoms with Crippen LogP contribution >= 0.6 is 0 Å². The van der Waals surface area contributed by atoms with Gasteiger partial charge in [0.2, 0.25) is 5.91 Å². The number of imidazole rings is 1. The van der Waals surface area contributed by atoms with E-state index in [0.717, 1.165) is 73.8 Å². The molecule has 0 saturated heterocycles. The molecule has 2 aromatic carbocycles. The molecule has 0 atom stereocenters. The first-order valence-corrected chi connectivity index (χ1v) is 13.1. The summed E-state index contributed by atoms with van der Waals surface area (Å²) in [5.74, 6) is 2.29. The molecule has 1 amide bonds. The summed E-state index contributed by atoms with van der Waals surface area (Å²) < 4.78 is 13.4. The lowest BCUT2D eigenvalue weighted by Crippen LogP contribution is -2.58. The average molecular weight is 476 g/mol. The van der Waals surface area contributed by atoms with Crippen LogP contribution in [0.1, 0.15) is 64.2 Å². The summed E-state index contributed by atoms with van der Waals surface area (Å²) >= 11 is 0. The van der Waals surface area contributed by atoms with Crippen molar-refractivity contribution in [3.05, 3.63) is 42.5 Å². The fourth-order valence-electron chi connectivity index (χ4n) is 6.87. The van der Waals surface area contributed by atoms with Crippen molar-refractivity contribution in [3.63, 3.8) is 0 Å². The van der Waals surface area contributed by atoms with Gasteiger partial charge in [-0.2, -0.15) is 0 Å². The lowest BCUT2D eigenvalue weighted by Gasteiger charge is -2.48. The van der Waals surface area contributed by atoms with Crippen molar-refractivity contribution >= 4 is 16.9 Å². The number of fused-ring (bicyclic) bond motifs is 1. The Morgan fingerprint density at radius 2 is 1.49 bits per heavy atom. The van der Waals surface area contributed by atoms with Crippen LogP contribution in [0.5, 0.6) is 11.5 Å². The van der Waals surface area contributed by atoms with Gasteiger partial charge >= 0.3 is 0 Å². The minimum Gasteiger partial charge on any atom is -0.493 e.